The van der Waals surface area contributed by atoms with E-state index in [1.807, 2.05) is 39.8 Å². The Morgan fingerprint density at radius 3 is 2.43 bits per heavy atom. The van der Waals surface area contributed by atoms with Crippen molar-refractivity contribution in [1.82, 2.24) is 4.90 Å². The molecule has 0 saturated heterocycles. The summed E-state index contributed by atoms with van der Waals surface area (Å²) in [5.74, 6) is 0.123. The molecule has 1 atom stereocenters. The van der Waals surface area contributed by atoms with Gasteiger partial charge < -0.3 is 9.64 Å². The second kappa shape index (κ2) is 9.89. The summed E-state index contributed by atoms with van der Waals surface area (Å²) in [6.07, 6.45) is 2.23. The minimum Gasteiger partial charge on any atom is -0.493 e. The lowest BCUT2D eigenvalue weighted by Gasteiger charge is -2.24. The standard InChI is InChI=1S/C19H28N2O2/c1-5-10-21(11-6-2)19(22)17(14-20)9-12-23-18-8-7-15(3)13-16(18)4/h7-8,13,17H,5-6,9-12H2,1-4H3. The van der Waals surface area contributed by atoms with Crippen LogP contribution in [0.4, 0.5) is 0 Å². The number of nitriles is 1. The number of hydrogen-bond acceptors (Lipinski definition) is 3. The van der Waals surface area contributed by atoms with Crippen molar-refractivity contribution in [2.75, 3.05) is 19.7 Å². The molecule has 0 saturated carbocycles. The number of carbonyl (C=O) groups excluding carboxylic acids is 1. The third kappa shape index (κ3) is 5.94. The monoisotopic (exact) mass is 316 g/mol. The highest BCUT2D eigenvalue weighted by atomic mass is 16.5. The topological polar surface area (TPSA) is 53.3 Å². The van der Waals surface area contributed by atoms with Gasteiger partial charge in [-0.15, -0.1) is 0 Å². The van der Waals surface area contributed by atoms with E-state index in [1.54, 1.807) is 4.90 Å². The molecular formula is C19H28N2O2. The van der Waals surface area contributed by atoms with Crippen molar-refractivity contribution in [3.05, 3.63) is 29.3 Å². The Morgan fingerprint density at radius 2 is 1.91 bits per heavy atom. The minimum absolute atomic E-state index is 0.0690. The van der Waals surface area contributed by atoms with E-state index in [1.165, 1.54) is 5.56 Å². The zero-order valence-electron chi connectivity index (χ0n) is 14.8. The summed E-state index contributed by atoms with van der Waals surface area (Å²) in [7, 11) is 0. The molecule has 0 aromatic heterocycles. The second-order valence-electron chi connectivity index (χ2n) is 5.91. The van der Waals surface area contributed by atoms with Crippen LogP contribution in [0.2, 0.25) is 0 Å². The van der Waals surface area contributed by atoms with Crippen LogP contribution < -0.4 is 4.74 Å². The zero-order valence-corrected chi connectivity index (χ0v) is 14.8. The van der Waals surface area contributed by atoms with Crippen LogP contribution in [0.25, 0.3) is 0 Å². The van der Waals surface area contributed by atoms with E-state index in [0.29, 0.717) is 26.1 Å². The van der Waals surface area contributed by atoms with Gasteiger partial charge in [0.25, 0.3) is 0 Å². The number of nitrogens with zero attached hydrogens (tertiary/aromatic N) is 2. The Morgan fingerprint density at radius 1 is 1.26 bits per heavy atom. The van der Waals surface area contributed by atoms with Crippen LogP contribution in [0.1, 0.15) is 44.2 Å². The average Bonchev–Trinajstić information content (AvgIpc) is 2.52. The molecule has 0 fully saturated rings. The van der Waals surface area contributed by atoms with Gasteiger partial charge in [0.2, 0.25) is 5.91 Å². The second-order valence-corrected chi connectivity index (χ2v) is 5.91. The van der Waals surface area contributed by atoms with Crippen molar-refractivity contribution in [1.29, 1.82) is 5.26 Å². The molecule has 4 nitrogen and oxygen atoms in total. The SMILES string of the molecule is CCCN(CCC)C(=O)C(C#N)CCOc1ccc(C)cc1C. The maximum absolute atomic E-state index is 12.5. The van der Waals surface area contributed by atoms with Crippen LogP contribution in [0.3, 0.4) is 0 Å². The van der Waals surface area contributed by atoms with Crippen LogP contribution in [0.15, 0.2) is 18.2 Å². The van der Waals surface area contributed by atoms with Crippen LogP contribution in [-0.4, -0.2) is 30.5 Å². The van der Waals surface area contributed by atoms with Crippen LogP contribution in [-0.2, 0) is 4.79 Å². The van der Waals surface area contributed by atoms with Crippen molar-refractivity contribution in [3.63, 3.8) is 0 Å². The van der Waals surface area contributed by atoms with E-state index in [0.717, 1.165) is 24.2 Å². The van der Waals surface area contributed by atoms with Crippen LogP contribution in [0.5, 0.6) is 5.75 Å². The van der Waals surface area contributed by atoms with Crippen LogP contribution >= 0.6 is 0 Å². The number of aryl methyl sites for hydroxylation is 2. The van der Waals surface area contributed by atoms with Crippen molar-refractivity contribution < 1.29 is 9.53 Å². The smallest absolute Gasteiger partial charge is 0.240 e. The van der Waals surface area contributed by atoms with Crippen LogP contribution in [0, 0.1) is 31.1 Å². The van der Waals surface area contributed by atoms with E-state index in [9.17, 15) is 10.1 Å². The summed E-state index contributed by atoms with van der Waals surface area (Å²) < 4.78 is 5.75. The first kappa shape index (κ1) is 19.0. The fourth-order valence-corrected chi connectivity index (χ4v) is 2.58. The maximum Gasteiger partial charge on any atom is 0.240 e. The lowest BCUT2D eigenvalue weighted by molar-refractivity contribution is -0.134. The van der Waals surface area contributed by atoms with Gasteiger partial charge in [-0.05, 0) is 38.3 Å². The number of amides is 1. The summed E-state index contributed by atoms with van der Waals surface area (Å²) in [6.45, 7) is 9.92. The molecule has 0 bridgehead atoms. The summed E-state index contributed by atoms with van der Waals surface area (Å²) in [5, 5.41) is 9.32. The lowest BCUT2D eigenvalue weighted by Crippen LogP contribution is -2.37. The molecule has 0 radical (unpaired) electrons. The number of benzene rings is 1. The van der Waals surface area contributed by atoms with E-state index in [2.05, 4.69) is 12.1 Å². The van der Waals surface area contributed by atoms with Gasteiger partial charge in [-0.25, -0.2) is 0 Å². The highest BCUT2D eigenvalue weighted by molar-refractivity contribution is 5.81. The molecule has 0 aliphatic carbocycles. The summed E-state index contributed by atoms with van der Waals surface area (Å²) in [6, 6.07) is 8.14. The lowest BCUT2D eigenvalue weighted by atomic mass is 10.1. The third-order valence-electron chi connectivity index (χ3n) is 3.75. The Labute approximate surface area is 140 Å². The Kier molecular flexibility index (Phi) is 8.18. The number of ether oxygens (including phenoxy) is 1. The van der Waals surface area contributed by atoms with Crippen molar-refractivity contribution in [3.8, 4) is 11.8 Å². The first-order valence-electron chi connectivity index (χ1n) is 8.41. The fourth-order valence-electron chi connectivity index (χ4n) is 2.58. The van der Waals surface area contributed by atoms with Crippen molar-refractivity contribution in [2.45, 2.75) is 47.0 Å². The van der Waals surface area contributed by atoms with Gasteiger partial charge in [0.1, 0.15) is 11.7 Å². The third-order valence-corrected chi connectivity index (χ3v) is 3.75. The van der Waals surface area contributed by atoms with Gasteiger partial charge in [0, 0.05) is 19.5 Å². The molecule has 4 heteroatoms. The molecule has 1 rings (SSSR count). The molecule has 1 aromatic carbocycles. The van der Waals surface area contributed by atoms with E-state index in [4.69, 9.17) is 4.74 Å². The van der Waals surface area contributed by atoms with Gasteiger partial charge in [0.05, 0.1) is 12.7 Å². The molecule has 0 aliphatic rings. The molecule has 1 aromatic rings. The molecule has 0 N–H and O–H groups in total. The summed E-state index contributed by atoms with van der Waals surface area (Å²) in [4.78, 5) is 14.3. The van der Waals surface area contributed by atoms with Crippen molar-refractivity contribution >= 4 is 5.91 Å². The molecule has 0 heterocycles. The molecule has 126 valence electrons. The Bertz CT molecular complexity index is 543. The molecule has 1 unspecified atom stereocenters. The predicted molar refractivity (Wildman–Crippen MR) is 92.3 cm³/mol. The van der Waals surface area contributed by atoms with Gasteiger partial charge in [-0.2, -0.15) is 5.26 Å². The number of hydrogen-bond donors (Lipinski definition) is 0. The maximum atomic E-state index is 12.5. The van der Waals surface area contributed by atoms with Gasteiger partial charge >= 0.3 is 0 Å². The van der Waals surface area contributed by atoms with E-state index < -0.39 is 5.92 Å². The molecule has 0 spiro atoms. The summed E-state index contributed by atoms with van der Waals surface area (Å²) in [5.41, 5.74) is 2.26. The molecule has 1 amide bonds. The van der Waals surface area contributed by atoms with Gasteiger partial charge in [-0.3, -0.25) is 4.79 Å². The quantitative estimate of drug-likeness (QED) is 0.695. The Hall–Kier alpha value is -2.02. The van der Waals surface area contributed by atoms with Gasteiger partial charge in [0.15, 0.2) is 0 Å². The normalized spacial score (nSPS) is 11.6. The first-order chi connectivity index (χ1) is 11.0. The Balaban J connectivity index is 2.59. The summed E-state index contributed by atoms with van der Waals surface area (Å²) >= 11 is 0. The predicted octanol–water partition coefficient (Wildman–Crippen LogP) is 3.86. The zero-order chi connectivity index (χ0) is 17.2. The first-order valence-corrected chi connectivity index (χ1v) is 8.41. The molecule has 0 aliphatic heterocycles. The number of rotatable bonds is 9. The molecular weight excluding hydrogens is 288 g/mol. The van der Waals surface area contributed by atoms with E-state index >= 15 is 0 Å². The van der Waals surface area contributed by atoms with Crippen molar-refractivity contribution in [2.24, 2.45) is 5.92 Å². The largest absolute Gasteiger partial charge is 0.493 e. The number of carbonyl (C=O) groups is 1. The highest BCUT2D eigenvalue weighted by Crippen LogP contribution is 2.19. The van der Waals surface area contributed by atoms with E-state index in [-0.39, 0.29) is 5.91 Å². The van der Waals surface area contributed by atoms with Gasteiger partial charge in [-0.1, -0.05) is 31.5 Å². The molecule has 23 heavy (non-hydrogen) atoms. The minimum atomic E-state index is -0.626. The average molecular weight is 316 g/mol. The fraction of sp³-hybridized carbons (Fsp3) is 0.579. The highest BCUT2D eigenvalue weighted by Gasteiger charge is 2.23.